The van der Waals surface area contributed by atoms with Gasteiger partial charge in [-0.2, -0.15) is 0 Å². The number of nitrogens with two attached hydrogens (primary N) is 1. The normalized spacial score (nSPS) is 10.3. The number of pyridine rings is 1. The molecule has 5 nitrogen and oxygen atoms in total. The molecule has 94 valence electrons. The fourth-order valence-electron chi connectivity index (χ4n) is 1.42. The first-order chi connectivity index (χ1) is 8.56. The number of nitrogens with one attached hydrogen (secondary N) is 1. The molecule has 7 heteroatoms. The smallest absolute Gasteiger partial charge is 0.337 e. The number of nitrogen functional groups attached to an aromatic ring is 1. The molecule has 0 bridgehead atoms. The summed E-state index contributed by atoms with van der Waals surface area (Å²) in [5.74, 6) is -0.868. The lowest BCUT2D eigenvalue weighted by molar-refractivity contribution is 0.0698. The average Bonchev–Trinajstić information content (AvgIpc) is 2.73. The van der Waals surface area contributed by atoms with Crippen molar-refractivity contribution in [2.24, 2.45) is 0 Å². The first-order valence-corrected chi connectivity index (χ1v) is 6.22. The van der Waals surface area contributed by atoms with Gasteiger partial charge >= 0.3 is 5.97 Å². The Bertz CT molecular complexity index is 585. The molecule has 0 aliphatic rings. The Morgan fingerprint density at radius 3 is 2.94 bits per heavy atom. The topological polar surface area (TPSA) is 88.2 Å². The summed E-state index contributed by atoms with van der Waals surface area (Å²) in [6.07, 6.45) is 1.41. The van der Waals surface area contributed by atoms with Crippen LogP contribution in [0, 0.1) is 0 Å². The summed E-state index contributed by atoms with van der Waals surface area (Å²) in [6.45, 7) is 0.489. The molecule has 0 saturated carbocycles. The molecule has 0 amide bonds. The van der Waals surface area contributed by atoms with Crippen molar-refractivity contribution in [3.05, 3.63) is 39.2 Å². The summed E-state index contributed by atoms with van der Waals surface area (Å²) in [5, 5.41) is 12.1. The largest absolute Gasteiger partial charge is 0.478 e. The lowest BCUT2D eigenvalue weighted by atomic mass is 10.2. The number of nitrogens with zero attached hydrogens (tertiary/aromatic N) is 1. The van der Waals surface area contributed by atoms with E-state index >= 15 is 0 Å². The van der Waals surface area contributed by atoms with Crippen molar-refractivity contribution in [2.45, 2.75) is 6.54 Å². The van der Waals surface area contributed by atoms with Crippen molar-refractivity contribution in [3.63, 3.8) is 0 Å². The number of aromatic carboxylic acids is 1. The summed E-state index contributed by atoms with van der Waals surface area (Å²) >= 11 is 7.25. The molecule has 0 aliphatic carbocycles. The second kappa shape index (κ2) is 5.24. The molecule has 0 aliphatic heterocycles. The molecular weight excluding hydrogens is 274 g/mol. The van der Waals surface area contributed by atoms with Crippen molar-refractivity contribution in [3.8, 4) is 0 Å². The number of anilines is 2. The number of carbonyl (C=O) groups is 1. The molecule has 2 aromatic heterocycles. The summed E-state index contributed by atoms with van der Waals surface area (Å²) in [6, 6.07) is 5.00. The van der Waals surface area contributed by atoms with Crippen LogP contribution in [-0.2, 0) is 6.54 Å². The van der Waals surface area contributed by atoms with Crippen LogP contribution in [0.5, 0.6) is 0 Å². The Hall–Kier alpha value is -1.79. The third-order valence-electron chi connectivity index (χ3n) is 2.24. The van der Waals surface area contributed by atoms with Gasteiger partial charge in [-0.1, -0.05) is 11.6 Å². The lowest BCUT2D eigenvalue weighted by Gasteiger charge is -2.08. The molecule has 2 rings (SSSR count). The Kier molecular flexibility index (Phi) is 3.69. The van der Waals surface area contributed by atoms with Gasteiger partial charge in [0.05, 0.1) is 21.8 Å². The van der Waals surface area contributed by atoms with Crippen LogP contribution in [0.4, 0.5) is 11.5 Å². The highest BCUT2D eigenvalue weighted by Crippen LogP contribution is 2.23. The van der Waals surface area contributed by atoms with E-state index in [0.717, 1.165) is 4.88 Å². The van der Waals surface area contributed by atoms with Crippen LogP contribution in [0.2, 0.25) is 4.34 Å². The quantitative estimate of drug-likeness (QED) is 0.803. The molecular formula is C11H10ClN3O2S. The van der Waals surface area contributed by atoms with Gasteiger partial charge in [0.1, 0.15) is 5.82 Å². The Morgan fingerprint density at radius 2 is 2.33 bits per heavy atom. The van der Waals surface area contributed by atoms with Gasteiger partial charge in [-0.05, 0) is 18.2 Å². The van der Waals surface area contributed by atoms with Crippen LogP contribution in [0.25, 0.3) is 0 Å². The number of thiophene rings is 1. The lowest BCUT2D eigenvalue weighted by Crippen LogP contribution is -2.07. The first kappa shape index (κ1) is 12.7. The SMILES string of the molecule is Nc1cc(C(=O)O)c(NCc2ccc(Cl)s2)cn1. The fraction of sp³-hybridized carbons (Fsp3) is 0.0909. The zero-order valence-electron chi connectivity index (χ0n) is 9.18. The van der Waals surface area contributed by atoms with E-state index in [9.17, 15) is 4.79 Å². The number of carboxylic acids is 1. The van der Waals surface area contributed by atoms with Gasteiger partial charge in [0.25, 0.3) is 0 Å². The maximum atomic E-state index is 11.0. The number of carboxylic acid groups (broad SMARTS) is 1. The van der Waals surface area contributed by atoms with Crippen LogP contribution in [-0.4, -0.2) is 16.1 Å². The fourth-order valence-corrected chi connectivity index (χ4v) is 2.45. The predicted octanol–water partition coefficient (Wildman–Crippen LogP) is 2.69. The van der Waals surface area contributed by atoms with E-state index in [0.29, 0.717) is 16.6 Å². The van der Waals surface area contributed by atoms with Gasteiger partial charge in [0, 0.05) is 11.4 Å². The standard InChI is InChI=1S/C11H10ClN3O2S/c12-9-2-1-6(18-9)4-14-8-5-15-10(13)3-7(8)11(16)17/h1-3,5,14H,4H2,(H2,13,15)(H,16,17). The van der Waals surface area contributed by atoms with E-state index in [1.807, 2.05) is 6.07 Å². The number of aromatic nitrogens is 1. The Morgan fingerprint density at radius 1 is 1.56 bits per heavy atom. The summed E-state index contributed by atoms with van der Waals surface area (Å²) in [4.78, 5) is 15.9. The summed E-state index contributed by atoms with van der Waals surface area (Å²) in [7, 11) is 0. The van der Waals surface area contributed by atoms with Gasteiger partial charge < -0.3 is 16.2 Å². The van der Waals surface area contributed by atoms with E-state index in [-0.39, 0.29) is 11.4 Å². The average molecular weight is 284 g/mol. The van der Waals surface area contributed by atoms with Crippen molar-refractivity contribution >= 4 is 40.4 Å². The second-order valence-electron chi connectivity index (χ2n) is 3.52. The van der Waals surface area contributed by atoms with Crippen molar-refractivity contribution in [1.82, 2.24) is 4.98 Å². The van der Waals surface area contributed by atoms with Crippen molar-refractivity contribution in [1.29, 1.82) is 0 Å². The van der Waals surface area contributed by atoms with Gasteiger partial charge in [-0.25, -0.2) is 9.78 Å². The molecule has 0 aromatic carbocycles. The predicted molar refractivity (Wildman–Crippen MR) is 72.3 cm³/mol. The maximum absolute atomic E-state index is 11.0. The molecule has 0 fully saturated rings. The first-order valence-electron chi connectivity index (χ1n) is 5.03. The number of rotatable bonds is 4. The zero-order valence-corrected chi connectivity index (χ0v) is 10.8. The van der Waals surface area contributed by atoms with Crippen LogP contribution >= 0.6 is 22.9 Å². The van der Waals surface area contributed by atoms with E-state index in [1.165, 1.54) is 23.6 Å². The Balaban J connectivity index is 2.16. The van der Waals surface area contributed by atoms with E-state index in [1.54, 1.807) is 6.07 Å². The van der Waals surface area contributed by atoms with Crippen LogP contribution < -0.4 is 11.1 Å². The van der Waals surface area contributed by atoms with Gasteiger partial charge in [-0.15, -0.1) is 11.3 Å². The molecule has 4 N–H and O–H groups in total. The maximum Gasteiger partial charge on any atom is 0.337 e. The highest BCUT2D eigenvalue weighted by molar-refractivity contribution is 7.16. The van der Waals surface area contributed by atoms with Gasteiger partial charge in [-0.3, -0.25) is 0 Å². The second-order valence-corrected chi connectivity index (χ2v) is 5.32. The number of halogens is 1. The van der Waals surface area contributed by atoms with Crippen LogP contribution in [0.1, 0.15) is 15.2 Å². The van der Waals surface area contributed by atoms with E-state index < -0.39 is 5.97 Å². The molecule has 0 unspecified atom stereocenters. The molecule has 0 saturated heterocycles. The van der Waals surface area contributed by atoms with E-state index in [2.05, 4.69) is 10.3 Å². The minimum absolute atomic E-state index is 0.102. The van der Waals surface area contributed by atoms with Crippen LogP contribution in [0.15, 0.2) is 24.4 Å². The molecule has 0 atom stereocenters. The minimum Gasteiger partial charge on any atom is -0.478 e. The monoisotopic (exact) mass is 283 g/mol. The van der Waals surface area contributed by atoms with Crippen LogP contribution in [0.3, 0.4) is 0 Å². The minimum atomic E-state index is -1.05. The Labute approximate surface area is 112 Å². The highest BCUT2D eigenvalue weighted by atomic mass is 35.5. The molecule has 0 radical (unpaired) electrons. The zero-order chi connectivity index (χ0) is 13.1. The van der Waals surface area contributed by atoms with E-state index in [4.69, 9.17) is 22.4 Å². The highest BCUT2D eigenvalue weighted by Gasteiger charge is 2.11. The number of hydrogen-bond acceptors (Lipinski definition) is 5. The van der Waals surface area contributed by atoms with Crippen molar-refractivity contribution in [2.75, 3.05) is 11.1 Å². The summed E-state index contributed by atoms with van der Waals surface area (Å²) < 4.78 is 0.695. The molecule has 0 spiro atoms. The molecule has 18 heavy (non-hydrogen) atoms. The van der Waals surface area contributed by atoms with Gasteiger partial charge in [0.15, 0.2) is 0 Å². The molecule has 2 aromatic rings. The number of hydrogen-bond donors (Lipinski definition) is 3. The van der Waals surface area contributed by atoms with Crippen molar-refractivity contribution < 1.29 is 9.90 Å². The molecule has 2 heterocycles. The summed E-state index contributed by atoms with van der Waals surface area (Å²) in [5.41, 5.74) is 5.99. The third-order valence-corrected chi connectivity index (χ3v) is 3.47. The third kappa shape index (κ3) is 2.91. The van der Waals surface area contributed by atoms with Gasteiger partial charge in [0.2, 0.25) is 0 Å².